The Morgan fingerprint density at radius 1 is 1.00 bits per heavy atom. The normalized spacial score (nSPS) is 23.9. The first-order chi connectivity index (χ1) is 16.8. The highest BCUT2D eigenvalue weighted by atomic mass is 16.5. The minimum atomic E-state index is -0.389. The van der Waals surface area contributed by atoms with Crippen molar-refractivity contribution in [1.29, 1.82) is 0 Å². The third-order valence-corrected chi connectivity index (χ3v) is 7.37. The second-order valence-corrected chi connectivity index (χ2v) is 9.52. The van der Waals surface area contributed by atoms with Gasteiger partial charge in [0.2, 0.25) is 0 Å². The van der Waals surface area contributed by atoms with Crippen LogP contribution in [-0.4, -0.2) is 27.8 Å². The number of furan rings is 1. The smallest absolute Gasteiger partial charge is 0.194 e. The van der Waals surface area contributed by atoms with Gasteiger partial charge in [0.1, 0.15) is 11.8 Å². The van der Waals surface area contributed by atoms with Gasteiger partial charge in [-0.25, -0.2) is 9.97 Å². The van der Waals surface area contributed by atoms with Crippen LogP contribution in [0.3, 0.4) is 0 Å². The van der Waals surface area contributed by atoms with Crippen molar-refractivity contribution in [3.05, 3.63) is 89.4 Å². The highest BCUT2D eigenvalue weighted by molar-refractivity contribution is 5.86. The molecule has 6 rings (SSSR count). The molecule has 2 aromatic heterocycles. The van der Waals surface area contributed by atoms with Crippen LogP contribution in [-0.2, 0) is 17.8 Å². The molecule has 0 radical (unpaired) electrons. The van der Waals surface area contributed by atoms with Gasteiger partial charge >= 0.3 is 0 Å². The molecule has 174 valence electrons. The van der Waals surface area contributed by atoms with Gasteiger partial charge in [0, 0.05) is 11.5 Å². The first kappa shape index (κ1) is 21.3. The van der Waals surface area contributed by atoms with E-state index in [2.05, 4.69) is 51.7 Å². The Labute approximate surface area is 199 Å². The first-order valence-corrected chi connectivity index (χ1v) is 12.1. The molecule has 0 aliphatic heterocycles. The molecule has 2 aliphatic rings. The van der Waals surface area contributed by atoms with Crippen LogP contribution in [0, 0.1) is 5.92 Å². The third-order valence-electron chi connectivity index (χ3n) is 7.37. The Balaban J connectivity index is 1.15. The van der Waals surface area contributed by atoms with Crippen molar-refractivity contribution in [1.82, 2.24) is 9.97 Å². The maximum Gasteiger partial charge on any atom is 0.194 e. The number of aliphatic hydroxyl groups excluding tert-OH is 1. The fourth-order valence-electron chi connectivity index (χ4n) is 5.57. The lowest BCUT2D eigenvalue weighted by molar-refractivity contribution is 0.0367. The summed E-state index contributed by atoms with van der Waals surface area (Å²) in [6.07, 6.45) is 6.68. The number of anilines is 1. The van der Waals surface area contributed by atoms with Crippen LogP contribution in [0.2, 0.25) is 0 Å². The maximum atomic E-state index is 10.7. The van der Waals surface area contributed by atoms with Crippen molar-refractivity contribution < 1.29 is 14.3 Å². The number of aryl methyl sites for hydroxylation is 1. The molecule has 0 spiro atoms. The molecule has 0 saturated heterocycles. The van der Waals surface area contributed by atoms with Crippen molar-refractivity contribution in [3.63, 3.8) is 0 Å². The van der Waals surface area contributed by atoms with Gasteiger partial charge in [-0.15, -0.1) is 0 Å². The van der Waals surface area contributed by atoms with Gasteiger partial charge in [-0.1, -0.05) is 54.6 Å². The van der Waals surface area contributed by atoms with Crippen LogP contribution in [0.4, 0.5) is 5.82 Å². The average molecular weight is 456 g/mol. The number of aliphatic hydroxyl groups is 1. The van der Waals surface area contributed by atoms with Gasteiger partial charge in [0.05, 0.1) is 31.6 Å². The number of nitrogens with zero attached hydrogens (tertiary/aromatic N) is 2. The molecule has 2 aromatic carbocycles. The molecule has 2 heterocycles. The number of ether oxygens (including phenoxy) is 1. The van der Waals surface area contributed by atoms with Crippen LogP contribution in [0.5, 0.6) is 0 Å². The highest BCUT2D eigenvalue weighted by Gasteiger charge is 2.36. The molecule has 34 heavy (non-hydrogen) atoms. The fourth-order valence-corrected chi connectivity index (χ4v) is 5.57. The number of aromatic nitrogens is 2. The van der Waals surface area contributed by atoms with E-state index < -0.39 is 0 Å². The minimum Gasteiger partial charge on any atom is -0.458 e. The molecule has 6 nitrogen and oxygen atoms in total. The maximum absolute atomic E-state index is 10.7. The molecule has 4 aromatic rings. The van der Waals surface area contributed by atoms with Crippen molar-refractivity contribution in [3.8, 4) is 0 Å². The van der Waals surface area contributed by atoms with Crippen LogP contribution in [0.25, 0.3) is 11.1 Å². The number of rotatable bonds is 7. The molecular weight excluding hydrogens is 426 g/mol. The standard InChI is InChI=1S/C28H29N3O3/c32-25-13-20(12-21(25)15-33-14-18-6-2-1-3-7-18)23-16-34-27-26(23)29-17-30-28(27)31-24-11-10-19-8-4-5-9-22(19)24/h1-9,16-17,20-21,24-25,32H,10-15H2,(H,29,30,31)/t20-,21+,24+,25-/m1/s1. The summed E-state index contributed by atoms with van der Waals surface area (Å²) in [6, 6.07) is 18.9. The molecule has 2 N–H and O–H groups in total. The molecule has 2 aliphatic carbocycles. The number of hydrogen-bond acceptors (Lipinski definition) is 6. The number of nitrogens with one attached hydrogen (secondary N) is 1. The predicted octanol–water partition coefficient (Wildman–Crippen LogP) is 5.39. The monoisotopic (exact) mass is 455 g/mol. The predicted molar refractivity (Wildman–Crippen MR) is 131 cm³/mol. The van der Waals surface area contributed by atoms with Gasteiger partial charge in [-0.2, -0.15) is 0 Å². The zero-order valence-electron chi connectivity index (χ0n) is 19.1. The molecule has 0 bridgehead atoms. The number of fused-ring (bicyclic) bond motifs is 2. The molecule has 1 fully saturated rings. The van der Waals surface area contributed by atoms with E-state index in [0.717, 1.165) is 41.7 Å². The second-order valence-electron chi connectivity index (χ2n) is 9.52. The summed E-state index contributed by atoms with van der Waals surface area (Å²) in [5, 5.41) is 14.3. The molecule has 6 heteroatoms. The molecule has 4 atom stereocenters. The summed E-state index contributed by atoms with van der Waals surface area (Å²) in [7, 11) is 0. The molecular formula is C28H29N3O3. The highest BCUT2D eigenvalue weighted by Crippen LogP contribution is 2.43. The first-order valence-electron chi connectivity index (χ1n) is 12.1. The summed E-state index contributed by atoms with van der Waals surface area (Å²) in [5.41, 5.74) is 6.46. The molecule has 0 unspecified atom stereocenters. The zero-order chi connectivity index (χ0) is 22.9. The average Bonchev–Trinajstić information content (AvgIpc) is 3.58. The number of benzene rings is 2. The lowest BCUT2D eigenvalue weighted by Gasteiger charge is -2.15. The quantitative estimate of drug-likeness (QED) is 0.389. The van der Waals surface area contributed by atoms with Gasteiger partial charge in [0.25, 0.3) is 0 Å². The number of hydrogen-bond donors (Lipinski definition) is 2. The van der Waals surface area contributed by atoms with Crippen LogP contribution in [0.15, 0.2) is 71.6 Å². The summed E-state index contributed by atoms with van der Waals surface area (Å²) >= 11 is 0. The summed E-state index contributed by atoms with van der Waals surface area (Å²) in [5.74, 6) is 1.03. The Morgan fingerprint density at radius 3 is 2.76 bits per heavy atom. The molecule has 1 saturated carbocycles. The van der Waals surface area contributed by atoms with E-state index in [1.165, 1.54) is 11.1 Å². The van der Waals surface area contributed by atoms with E-state index in [0.29, 0.717) is 25.2 Å². The summed E-state index contributed by atoms with van der Waals surface area (Å²) < 4.78 is 11.9. The largest absolute Gasteiger partial charge is 0.458 e. The summed E-state index contributed by atoms with van der Waals surface area (Å²) in [4.78, 5) is 9.06. The Hall–Kier alpha value is -3.22. The van der Waals surface area contributed by atoms with Crippen molar-refractivity contribution in [2.75, 3.05) is 11.9 Å². The summed E-state index contributed by atoms with van der Waals surface area (Å²) in [6.45, 7) is 1.11. The Morgan fingerprint density at radius 2 is 1.85 bits per heavy atom. The van der Waals surface area contributed by atoms with E-state index in [1.54, 1.807) is 12.6 Å². The van der Waals surface area contributed by atoms with Crippen molar-refractivity contribution >= 4 is 16.9 Å². The van der Waals surface area contributed by atoms with Crippen LogP contribution < -0.4 is 5.32 Å². The lowest BCUT2D eigenvalue weighted by Crippen LogP contribution is -2.18. The van der Waals surface area contributed by atoms with Crippen molar-refractivity contribution in [2.45, 2.75) is 50.4 Å². The zero-order valence-corrected chi connectivity index (χ0v) is 19.1. The Bertz CT molecular complexity index is 1270. The topological polar surface area (TPSA) is 80.4 Å². The van der Waals surface area contributed by atoms with E-state index in [-0.39, 0.29) is 24.0 Å². The van der Waals surface area contributed by atoms with E-state index in [4.69, 9.17) is 9.15 Å². The SMILES string of the molecule is O[C@@H]1C[C@H](c2coc3c(N[C@H]4CCc5ccccc54)ncnc23)C[C@H]1COCc1ccccc1. The van der Waals surface area contributed by atoms with E-state index in [1.807, 2.05) is 18.2 Å². The molecule has 0 amide bonds. The van der Waals surface area contributed by atoms with Gasteiger partial charge in [0.15, 0.2) is 11.4 Å². The van der Waals surface area contributed by atoms with Gasteiger partial charge in [-0.3, -0.25) is 0 Å². The van der Waals surface area contributed by atoms with Gasteiger partial charge in [-0.05, 0) is 48.3 Å². The van der Waals surface area contributed by atoms with Gasteiger partial charge < -0.3 is 19.6 Å². The Kier molecular flexibility index (Phi) is 5.77. The fraction of sp³-hybridized carbons (Fsp3) is 0.357. The minimum absolute atomic E-state index is 0.105. The van der Waals surface area contributed by atoms with E-state index in [9.17, 15) is 5.11 Å². The third kappa shape index (κ3) is 4.08. The second kappa shape index (κ2) is 9.20. The van der Waals surface area contributed by atoms with Crippen LogP contribution >= 0.6 is 0 Å². The van der Waals surface area contributed by atoms with Crippen molar-refractivity contribution in [2.24, 2.45) is 5.92 Å². The van der Waals surface area contributed by atoms with E-state index >= 15 is 0 Å². The van der Waals surface area contributed by atoms with Crippen LogP contribution in [0.1, 0.15) is 53.5 Å². The lowest BCUT2D eigenvalue weighted by atomic mass is 9.98.